The van der Waals surface area contributed by atoms with E-state index in [4.69, 9.17) is 16.3 Å². The van der Waals surface area contributed by atoms with Crippen LogP contribution in [0.4, 0.5) is 0 Å². The minimum Gasteiger partial charge on any atom is -1.00 e. The summed E-state index contributed by atoms with van der Waals surface area (Å²) in [5.74, 6) is 0.860. The van der Waals surface area contributed by atoms with E-state index < -0.39 is 0 Å². The molecular formula is C20H19Cl2N2O-. The molecule has 0 amide bonds. The molecule has 0 unspecified atom stereocenters. The van der Waals surface area contributed by atoms with Gasteiger partial charge in [0.1, 0.15) is 12.4 Å². The van der Waals surface area contributed by atoms with Crippen molar-refractivity contribution in [2.75, 3.05) is 0 Å². The van der Waals surface area contributed by atoms with Crippen LogP contribution in [0.2, 0.25) is 5.02 Å². The van der Waals surface area contributed by atoms with Crippen LogP contribution in [-0.4, -0.2) is 4.98 Å². The van der Waals surface area contributed by atoms with Gasteiger partial charge < -0.3 is 22.5 Å². The lowest BCUT2D eigenvalue weighted by Crippen LogP contribution is -3.00. The molecule has 1 heterocycles. The molecule has 3 nitrogen and oxygen atoms in total. The summed E-state index contributed by atoms with van der Waals surface area (Å²) in [6.07, 6.45) is 1.81. The lowest BCUT2D eigenvalue weighted by molar-refractivity contribution is -0.00000520. The minimum absolute atomic E-state index is 0. The summed E-state index contributed by atoms with van der Waals surface area (Å²) < 4.78 is 5.79. The Balaban J connectivity index is 0.00000225. The van der Waals surface area contributed by atoms with Crippen LogP contribution in [-0.2, 0) is 19.7 Å². The summed E-state index contributed by atoms with van der Waals surface area (Å²) in [5, 5.41) is 4.12. The highest BCUT2D eigenvalue weighted by atomic mass is 35.5. The van der Waals surface area contributed by atoms with Crippen LogP contribution in [0.15, 0.2) is 72.9 Å². The van der Waals surface area contributed by atoms with Gasteiger partial charge in [0, 0.05) is 24.3 Å². The van der Waals surface area contributed by atoms with Crippen molar-refractivity contribution in [3.63, 3.8) is 0 Å². The third-order valence-corrected chi connectivity index (χ3v) is 3.86. The first-order chi connectivity index (χ1) is 11.8. The molecule has 0 spiro atoms. The first-order valence-corrected chi connectivity index (χ1v) is 8.24. The molecule has 0 aliphatic heterocycles. The molecule has 3 aromatic rings. The monoisotopic (exact) mass is 373 g/mol. The Bertz CT molecular complexity index is 747. The largest absolute Gasteiger partial charge is 1.00 e. The van der Waals surface area contributed by atoms with Crippen LogP contribution in [0.1, 0.15) is 16.8 Å². The van der Waals surface area contributed by atoms with Gasteiger partial charge in [-0.25, -0.2) is 0 Å². The zero-order valence-electron chi connectivity index (χ0n) is 13.7. The van der Waals surface area contributed by atoms with E-state index in [1.54, 1.807) is 0 Å². The van der Waals surface area contributed by atoms with Crippen LogP contribution in [0.3, 0.4) is 0 Å². The fourth-order valence-electron chi connectivity index (χ4n) is 2.29. The van der Waals surface area contributed by atoms with Crippen molar-refractivity contribution in [2.24, 2.45) is 0 Å². The Kier molecular flexibility index (Phi) is 7.74. The van der Waals surface area contributed by atoms with Crippen molar-refractivity contribution in [3.05, 3.63) is 94.8 Å². The second-order valence-corrected chi connectivity index (χ2v) is 5.92. The number of aromatic nitrogens is 1. The van der Waals surface area contributed by atoms with Crippen molar-refractivity contribution >= 4 is 11.6 Å². The predicted molar refractivity (Wildman–Crippen MR) is 97.0 cm³/mol. The van der Waals surface area contributed by atoms with E-state index in [-0.39, 0.29) is 12.4 Å². The number of nitrogens with one attached hydrogen (secondary N) is 1. The highest BCUT2D eigenvalue weighted by molar-refractivity contribution is 6.30. The van der Waals surface area contributed by atoms with Gasteiger partial charge in [0.15, 0.2) is 0 Å². The van der Waals surface area contributed by atoms with Gasteiger partial charge >= 0.3 is 0 Å². The van der Waals surface area contributed by atoms with Crippen molar-refractivity contribution in [2.45, 2.75) is 19.7 Å². The predicted octanol–water partition coefficient (Wildman–Crippen LogP) is 1.61. The topological polar surface area (TPSA) is 34.1 Å². The molecule has 0 atom stereocenters. The highest BCUT2D eigenvalue weighted by Gasteiger charge is 1.99. The summed E-state index contributed by atoms with van der Waals surface area (Å²) in [6.45, 7) is 2.10. The van der Waals surface area contributed by atoms with Gasteiger partial charge in [-0.05, 0) is 47.5 Å². The summed E-state index contributed by atoms with van der Waals surface area (Å²) in [4.78, 5) is 4.29. The maximum Gasteiger partial charge on any atom is 0.119 e. The molecule has 0 fully saturated rings. The van der Waals surface area contributed by atoms with Gasteiger partial charge in [0.2, 0.25) is 0 Å². The van der Waals surface area contributed by atoms with Crippen LogP contribution in [0, 0.1) is 0 Å². The maximum atomic E-state index is 5.88. The number of hydrogen-bond donors (Lipinski definition) is 1. The number of benzene rings is 2. The summed E-state index contributed by atoms with van der Waals surface area (Å²) in [5.41, 5.74) is 3.35. The summed E-state index contributed by atoms with van der Waals surface area (Å²) >= 11 is 5.88. The second kappa shape index (κ2) is 10.0. The molecular weight excluding hydrogens is 355 g/mol. The van der Waals surface area contributed by atoms with E-state index in [2.05, 4.69) is 22.4 Å². The molecule has 0 saturated carbocycles. The minimum atomic E-state index is 0. The second-order valence-electron chi connectivity index (χ2n) is 5.48. The molecule has 0 aliphatic rings. The van der Waals surface area contributed by atoms with E-state index >= 15 is 0 Å². The molecule has 1 N–H and O–H groups in total. The van der Waals surface area contributed by atoms with Crippen LogP contribution < -0.4 is 22.5 Å². The Morgan fingerprint density at radius 2 is 1.56 bits per heavy atom. The van der Waals surface area contributed by atoms with E-state index in [0.717, 1.165) is 35.1 Å². The molecule has 0 saturated heterocycles. The standard InChI is InChI=1S/C20H19ClN2O.ClH/c21-18-8-4-17(5-9-18)15-24-20-10-6-16(7-11-20)13-22-14-19-3-1-2-12-23-19;/h1-12,22H,13-15H2;1H/p-1. The first kappa shape index (κ1) is 19.3. The molecule has 5 heteroatoms. The molecule has 25 heavy (non-hydrogen) atoms. The fourth-order valence-corrected chi connectivity index (χ4v) is 2.41. The van der Waals surface area contributed by atoms with Gasteiger partial charge in [-0.1, -0.05) is 41.9 Å². The average Bonchev–Trinajstić information content (AvgIpc) is 2.63. The SMILES string of the molecule is Clc1ccc(COc2ccc(CNCc3ccccn3)cc2)cc1.[Cl-]. The highest BCUT2D eigenvalue weighted by Crippen LogP contribution is 2.15. The number of nitrogens with zero attached hydrogens (tertiary/aromatic N) is 1. The van der Waals surface area contributed by atoms with Crippen molar-refractivity contribution < 1.29 is 17.1 Å². The Morgan fingerprint density at radius 1 is 0.840 bits per heavy atom. The first-order valence-electron chi connectivity index (χ1n) is 7.86. The maximum absolute atomic E-state index is 5.88. The molecule has 3 rings (SSSR count). The van der Waals surface area contributed by atoms with E-state index in [9.17, 15) is 0 Å². The zero-order valence-corrected chi connectivity index (χ0v) is 15.2. The normalized spacial score (nSPS) is 10.1. The lowest BCUT2D eigenvalue weighted by Gasteiger charge is -2.08. The number of ether oxygens (including phenoxy) is 1. The quantitative estimate of drug-likeness (QED) is 0.683. The number of halogens is 2. The molecule has 0 radical (unpaired) electrons. The fraction of sp³-hybridized carbons (Fsp3) is 0.150. The zero-order chi connectivity index (χ0) is 16.6. The van der Waals surface area contributed by atoms with Crippen molar-refractivity contribution in [1.82, 2.24) is 10.3 Å². The van der Waals surface area contributed by atoms with Gasteiger partial charge in [-0.15, -0.1) is 0 Å². The van der Waals surface area contributed by atoms with Gasteiger partial charge in [-0.3, -0.25) is 4.98 Å². The van der Waals surface area contributed by atoms with Gasteiger partial charge in [-0.2, -0.15) is 0 Å². The Morgan fingerprint density at radius 3 is 2.24 bits per heavy atom. The third kappa shape index (κ3) is 6.39. The van der Waals surface area contributed by atoms with E-state index in [0.29, 0.717) is 6.61 Å². The van der Waals surface area contributed by atoms with Crippen LogP contribution in [0.25, 0.3) is 0 Å². The summed E-state index contributed by atoms with van der Waals surface area (Å²) in [6, 6.07) is 21.8. The number of hydrogen-bond acceptors (Lipinski definition) is 3. The third-order valence-electron chi connectivity index (χ3n) is 3.60. The summed E-state index contributed by atoms with van der Waals surface area (Å²) in [7, 11) is 0. The van der Waals surface area contributed by atoms with E-state index in [1.165, 1.54) is 5.56 Å². The number of pyridine rings is 1. The smallest absolute Gasteiger partial charge is 0.119 e. The average molecular weight is 374 g/mol. The molecule has 1 aromatic heterocycles. The lowest BCUT2D eigenvalue weighted by atomic mass is 10.2. The van der Waals surface area contributed by atoms with Gasteiger partial charge in [0.25, 0.3) is 0 Å². The van der Waals surface area contributed by atoms with E-state index in [1.807, 2.05) is 60.8 Å². The Hall–Kier alpha value is -2.07. The Labute approximate surface area is 159 Å². The number of rotatable bonds is 7. The molecule has 130 valence electrons. The molecule has 2 aromatic carbocycles. The van der Waals surface area contributed by atoms with Crippen LogP contribution in [0.5, 0.6) is 5.75 Å². The van der Waals surface area contributed by atoms with Crippen molar-refractivity contribution in [3.8, 4) is 5.75 Å². The van der Waals surface area contributed by atoms with Gasteiger partial charge in [0.05, 0.1) is 5.69 Å². The van der Waals surface area contributed by atoms with Crippen LogP contribution >= 0.6 is 11.6 Å². The molecule has 0 bridgehead atoms. The van der Waals surface area contributed by atoms with Crippen molar-refractivity contribution in [1.29, 1.82) is 0 Å². The molecule has 0 aliphatic carbocycles.